The van der Waals surface area contributed by atoms with E-state index in [1.54, 1.807) is 27.9 Å². The highest BCUT2D eigenvalue weighted by molar-refractivity contribution is 5.77. The minimum atomic E-state index is -1.55. The Hall–Kier alpha value is -7.08. The van der Waals surface area contributed by atoms with Crippen LogP contribution in [0.25, 0.3) is 0 Å². The fraction of sp³-hybridized carbons (Fsp3) is 0.333. The molecule has 14 heteroatoms. The Balaban J connectivity index is 1.16. The molecule has 80 heavy (non-hydrogen) atoms. The highest BCUT2D eigenvalue weighted by atomic mass is 16.8. The van der Waals surface area contributed by atoms with Crippen molar-refractivity contribution in [3.05, 3.63) is 245 Å². The summed E-state index contributed by atoms with van der Waals surface area (Å²) in [5.74, 6) is -0.850. The van der Waals surface area contributed by atoms with E-state index in [1.807, 2.05) is 206 Å². The molecule has 7 aromatic rings. The van der Waals surface area contributed by atoms with Crippen LogP contribution in [0.1, 0.15) is 59.7 Å². The molecule has 2 heterocycles. The zero-order valence-corrected chi connectivity index (χ0v) is 45.6. The summed E-state index contributed by atoms with van der Waals surface area (Å²) in [5.41, 5.74) is 4.80. The number of carbonyl (C=O) groups excluding carboxylic acids is 2. The first kappa shape index (κ1) is 57.6. The van der Waals surface area contributed by atoms with Gasteiger partial charge < -0.3 is 56.8 Å². The molecule has 7 aromatic carbocycles. The Morgan fingerprint density at radius 3 is 1.10 bits per heavy atom. The van der Waals surface area contributed by atoms with Crippen LogP contribution in [0.15, 0.2) is 206 Å². The molecule has 2 aliphatic heterocycles. The van der Waals surface area contributed by atoms with Crippen molar-refractivity contribution in [2.75, 3.05) is 7.11 Å². The fourth-order valence-corrected chi connectivity index (χ4v) is 9.37. The molecule has 10 atom stereocenters. The van der Waals surface area contributed by atoms with Gasteiger partial charge in [-0.2, -0.15) is 0 Å². The first-order valence-electron chi connectivity index (χ1n) is 27.0. The largest absolute Gasteiger partial charge is 0.497 e. The van der Waals surface area contributed by atoms with E-state index in [2.05, 4.69) is 0 Å². The van der Waals surface area contributed by atoms with Gasteiger partial charge in [-0.05, 0) is 71.8 Å². The molecule has 0 aliphatic carbocycles. The minimum Gasteiger partial charge on any atom is -0.497 e. The number of hydrogen-bond donors (Lipinski definition) is 0. The number of benzene rings is 7. The highest BCUT2D eigenvalue weighted by Gasteiger charge is 2.58. The average molecular weight is 1090 g/mol. The molecule has 2 saturated heterocycles. The van der Waals surface area contributed by atoms with Crippen LogP contribution in [0.4, 0.5) is 0 Å². The predicted octanol–water partition coefficient (Wildman–Crippen LogP) is 11.1. The van der Waals surface area contributed by atoms with E-state index in [1.165, 1.54) is 0 Å². The molecule has 418 valence electrons. The third kappa shape index (κ3) is 16.5. The molecule has 0 saturated carbocycles. The zero-order chi connectivity index (χ0) is 55.5. The van der Waals surface area contributed by atoms with Crippen LogP contribution in [0.5, 0.6) is 5.75 Å². The van der Waals surface area contributed by atoms with Crippen molar-refractivity contribution in [3.8, 4) is 5.75 Å². The second kappa shape index (κ2) is 28.9. The number of rotatable bonds is 25. The van der Waals surface area contributed by atoms with E-state index in [9.17, 15) is 4.79 Å². The lowest BCUT2D eigenvalue weighted by Gasteiger charge is -2.49. The Bertz CT molecular complexity index is 2910. The summed E-state index contributed by atoms with van der Waals surface area (Å²) in [5, 5.41) is 0. The molecule has 2 aliphatic rings. The fourth-order valence-electron chi connectivity index (χ4n) is 9.37. The Kier molecular flexibility index (Phi) is 20.8. The maximum atomic E-state index is 15.1. The standard InChI is InChI=1S/C66H70O14/c1-66(2,3)80-63(68)58-54(70-43-52-35-37-53(69-4)38-36-52)55(71-39-46-23-11-5-12-24-46)61(74-42-49-29-17-8-18-30-49)65(79-58)77-57-56(72-40-47-25-13-6-14-26-47)60(73-41-48-27-15-7-16-28-48)64(76-45-51-33-21-10-22-34-51)78-59(57)62(67)75-44-50-31-19-9-20-32-50/h5-38,54-61,64-65H,39-45H2,1-4H3/t54-,55+,56+,57-,58+,59+,60-,61-,64-,65+/m1/s1. The van der Waals surface area contributed by atoms with Gasteiger partial charge in [0.2, 0.25) is 0 Å². The van der Waals surface area contributed by atoms with Gasteiger partial charge in [-0.3, -0.25) is 0 Å². The van der Waals surface area contributed by atoms with Crippen LogP contribution >= 0.6 is 0 Å². The smallest absolute Gasteiger partial charge is 0.338 e. The third-order valence-corrected chi connectivity index (χ3v) is 13.4. The molecule has 0 N–H and O–H groups in total. The van der Waals surface area contributed by atoms with Crippen molar-refractivity contribution in [2.24, 2.45) is 0 Å². The van der Waals surface area contributed by atoms with E-state index in [0.29, 0.717) is 5.75 Å². The van der Waals surface area contributed by atoms with Crippen LogP contribution < -0.4 is 4.74 Å². The first-order valence-corrected chi connectivity index (χ1v) is 27.0. The molecular formula is C66H70O14. The number of hydrogen-bond acceptors (Lipinski definition) is 14. The van der Waals surface area contributed by atoms with E-state index in [-0.39, 0.29) is 46.2 Å². The third-order valence-electron chi connectivity index (χ3n) is 13.4. The van der Waals surface area contributed by atoms with Crippen molar-refractivity contribution in [3.63, 3.8) is 0 Å². The second-order valence-corrected chi connectivity index (χ2v) is 20.5. The maximum absolute atomic E-state index is 15.1. The van der Waals surface area contributed by atoms with Gasteiger partial charge in [-0.25, -0.2) is 9.59 Å². The molecule has 14 nitrogen and oxygen atoms in total. The van der Waals surface area contributed by atoms with Gasteiger partial charge in [0.25, 0.3) is 0 Å². The monoisotopic (exact) mass is 1090 g/mol. The van der Waals surface area contributed by atoms with Gasteiger partial charge >= 0.3 is 11.9 Å². The molecule has 9 rings (SSSR count). The van der Waals surface area contributed by atoms with Crippen LogP contribution in [-0.4, -0.2) is 86.1 Å². The topological polar surface area (TPSA) is 145 Å². The first-order chi connectivity index (χ1) is 39.1. The summed E-state index contributed by atoms with van der Waals surface area (Å²) in [7, 11) is 1.60. The second-order valence-electron chi connectivity index (χ2n) is 20.5. The Morgan fingerprint density at radius 1 is 0.362 bits per heavy atom. The number of esters is 2. The summed E-state index contributed by atoms with van der Waals surface area (Å²) in [6, 6.07) is 64.9. The highest BCUT2D eigenvalue weighted by Crippen LogP contribution is 2.38. The van der Waals surface area contributed by atoms with Gasteiger partial charge in [0.1, 0.15) is 54.6 Å². The lowest BCUT2D eigenvalue weighted by atomic mass is 9.95. The van der Waals surface area contributed by atoms with Crippen molar-refractivity contribution in [1.29, 1.82) is 0 Å². The zero-order valence-electron chi connectivity index (χ0n) is 45.6. The van der Waals surface area contributed by atoms with Crippen LogP contribution in [-0.2, 0) is 108 Å². The molecule has 0 amide bonds. The maximum Gasteiger partial charge on any atom is 0.338 e. The van der Waals surface area contributed by atoms with Crippen molar-refractivity contribution < 1.29 is 66.4 Å². The summed E-state index contributed by atoms with van der Waals surface area (Å²) >= 11 is 0. The molecular weight excluding hydrogens is 1020 g/mol. The molecule has 0 aromatic heterocycles. The van der Waals surface area contributed by atoms with Gasteiger partial charge in [0.05, 0.1) is 46.8 Å². The van der Waals surface area contributed by atoms with Gasteiger partial charge in [-0.15, -0.1) is 0 Å². The number of carbonyl (C=O) groups is 2. The SMILES string of the molecule is COc1ccc(CO[C@@H]2[C@H](OCc3ccccc3)[C@@H](OCc3ccccc3)[C@@H](O[C@@H]3[C@H](OCc4ccccc4)[C@@H](OCc4ccccc4)[C@H](OCc4ccccc4)O[C@@H]3C(=O)OCc3ccccc3)O[C@@H]2C(=O)OC(C)(C)C)cc1. The van der Waals surface area contributed by atoms with Crippen molar-refractivity contribution >= 4 is 11.9 Å². The summed E-state index contributed by atoms with van der Waals surface area (Å²) in [6.07, 6.45) is -12.8. The lowest BCUT2D eigenvalue weighted by Crippen LogP contribution is -2.67. The van der Waals surface area contributed by atoms with Gasteiger partial charge in [-0.1, -0.05) is 194 Å². The summed E-state index contributed by atoms with van der Waals surface area (Å²) in [4.78, 5) is 30.1. The summed E-state index contributed by atoms with van der Waals surface area (Å²) in [6.45, 7) is 5.65. The molecule has 0 radical (unpaired) electrons. The summed E-state index contributed by atoms with van der Waals surface area (Å²) < 4.78 is 80.4. The average Bonchev–Trinajstić information content (AvgIpc) is 3.68. The Labute approximate surface area is 468 Å². The van der Waals surface area contributed by atoms with Crippen LogP contribution in [0, 0.1) is 0 Å². The normalized spacial score (nSPS) is 22.9. The molecule has 0 spiro atoms. The van der Waals surface area contributed by atoms with Gasteiger partial charge in [0, 0.05) is 0 Å². The van der Waals surface area contributed by atoms with E-state index >= 15 is 4.79 Å². The van der Waals surface area contributed by atoms with Crippen LogP contribution in [0.2, 0.25) is 0 Å². The lowest BCUT2D eigenvalue weighted by molar-refractivity contribution is -0.370. The van der Waals surface area contributed by atoms with Crippen molar-refractivity contribution in [2.45, 2.75) is 134 Å². The van der Waals surface area contributed by atoms with Crippen molar-refractivity contribution in [1.82, 2.24) is 0 Å². The van der Waals surface area contributed by atoms with E-state index in [4.69, 9.17) is 56.8 Å². The number of methoxy groups -OCH3 is 1. The van der Waals surface area contributed by atoms with Crippen LogP contribution in [0.3, 0.4) is 0 Å². The quantitative estimate of drug-likeness (QED) is 0.0501. The molecule has 0 unspecified atom stereocenters. The Morgan fingerprint density at radius 2 is 0.688 bits per heavy atom. The number of ether oxygens (including phenoxy) is 12. The minimum absolute atomic E-state index is 0.0332. The molecule has 0 bridgehead atoms. The van der Waals surface area contributed by atoms with Gasteiger partial charge in [0.15, 0.2) is 24.8 Å². The predicted molar refractivity (Wildman–Crippen MR) is 297 cm³/mol. The van der Waals surface area contributed by atoms with E-state index < -0.39 is 79.0 Å². The molecule has 2 fully saturated rings. The van der Waals surface area contributed by atoms with E-state index in [0.717, 1.165) is 38.9 Å².